The lowest BCUT2D eigenvalue weighted by Crippen LogP contribution is -2.35. The summed E-state index contributed by atoms with van der Waals surface area (Å²) in [6, 6.07) is 9.62. The fraction of sp³-hybridized carbons (Fsp3) is 0.562. The molecule has 1 aliphatic rings. The van der Waals surface area contributed by atoms with Crippen LogP contribution in [0.1, 0.15) is 19.3 Å². The Kier molecular flexibility index (Phi) is 5.87. The number of carbonyl (C=O) groups excluding carboxylic acids is 1. The highest BCUT2D eigenvalue weighted by molar-refractivity contribution is 5.75. The van der Waals surface area contributed by atoms with Gasteiger partial charge in [0.2, 0.25) is 5.91 Å². The first-order valence-electron chi connectivity index (χ1n) is 7.40. The summed E-state index contributed by atoms with van der Waals surface area (Å²) in [5.74, 6) is 0.972. The van der Waals surface area contributed by atoms with Crippen molar-refractivity contribution < 1.29 is 9.53 Å². The third-order valence-electron chi connectivity index (χ3n) is 3.70. The second-order valence-electron chi connectivity index (χ2n) is 5.28. The zero-order chi connectivity index (χ0) is 14.2. The van der Waals surface area contributed by atoms with E-state index >= 15 is 0 Å². The van der Waals surface area contributed by atoms with Gasteiger partial charge in [-0.05, 0) is 38.1 Å². The first-order chi connectivity index (χ1) is 9.75. The maximum atomic E-state index is 12.0. The molecule has 1 saturated heterocycles. The molecule has 0 aliphatic carbocycles. The minimum atomic E-state index is 0.153. The number of para-hydroxylation sites is 1. The standard InChI is InChI=1S/C16H24N2O2/c1-17(12-13-18-10-5-6-11-18)16(19)9-14-20-15-7-3-2-4-8-15/h2-4,7-8H,5-6,9-14H2,1H3. The van der Waals surface area contributed by atoms with Gasteiger partial charge in [-0.15, -0.1) is 0 Å². The van der Waals surface area contributed by atoms with E-state index in [9.17, 15) is 4.79 Å². The van der Waals surface area contributed by atoms with Gasteiger partial charge < -0.3 is 14.5 Å². The van der Waals surface area contributed by atoms with Crippen LogP contribution in [0.15, 0.2) is 30.3 Å². The Morgan fingerprint density at radius 2 is 1.95 bits per heavy atom. The molecule has 2 rings (SSSR count). The molecule has 1 fully saturated rings. The molecule has 1 aromatic carbocycles. The predicted octanol–water partition coefficient (Wildman–Crippen LogP) is 2.01. The van der Waals surface area contributed by atoms with Crippen LogP contribution < -0.4 is 4.74 Å². The number of likely N-dealkylation sites (tertiary alicyclic amines) is 1. The first kappa shape index (κ1) is 14.9. The number of rotatable bonds is 7. The van der Waals surface area contributed by atoms with Crippen LogP contribution in [0, 0.1) is 0 Å². The summed E-state index contributed by atoms with van der Waals surface area (Å²) < 4.78 is 5.55. The lowest BCUT2D eigenvalue weighted by atomic mass is 10.3. The number of amides is 1. The van der Waals surface area contributed by atoms with Gasteiger partial charge in [-0.1, -0.05) is 18.2 Å². The van der Waals surface area contributed by atoms with E-state index in [1.54, 1.807) is 0 Å². The topological polar surface area (TPSA) is 32.8 Å². The minimum absolute atomic E-state index is 0.153. The fourth-order valence-corrected chi connectivity index (χ4v) is 2.39. The summed E-state index contributed by atoms with van der Waals surface area (Å²) in [5, 5.41) is 0. The predicted molar refractivity (Wildman–Crippen MR) is 79.9 cm³/mol. The Balaban J connectivity index is 1.61. The van der Waals surface area contributed by atoms with Crippen molar-refractivity contribution in [1.29, 1.82) is 0 Å². The van der Waals surface area contributed by atoms with Gasteiger partial charge in [0, 0.05) is 20.1 Å². The number of hydrogen-bond acceptors (Lipinski definition) is 3. The Morgan fingerprint density at radius 3 is 2.65 bits per heavy atom. The molecule has 110 valence electrons. The smallest absolute Gasteiger partial charge is 0.225 e. The Morgan fingerprint density at radius 1 is 1.25 bits per heavy atom. The van der Waals surface area contributed by atoms with Gasteiger partial charge in [0.05, 0.1) is 13.0 Å². The molecule has 1 aliphatic heterocycles. The molecule has 1 heterocycles. The zero-order valence-corrected chi connectivity index (χ0v) is 12.3. The monoisotopic (exact) mass is 276 g/mol. The molecule has 1 aromatic rings. The van der Waals surface area contributed by atoms with E-state index in [0.29, 0.717) is 13.0 Å². The van der Waals surface area contributed by atoms with E-state index in [-0.39, 0.29) is 5.91 Å². The van der Waals surface area contributed by atoms with Gasteiger partial charge in [-0.25, -0.2) is 0 Å². The average molecular weight is 276 g/mol. The normalized spacial score (nSPS) is 15.2. The highest BCUT2D eigenvalue weighted by Crippen LogP contribution is 2.09. The largest absolute Gasteiger partial charge is 0.493 e. The highest BCUT2D eigenvalue weighted by Gasteiger charge is 2.14. The fourth-order valence-electron chi connectivity index (χ4n) is 2.39. The molecule has 4 heteroatoms. The van der Waals surface area contributed by atoms with Crippen molar-refractivity contribution in [3.63, 3.8) is 0 Å². The minimum Gasteiger partial charge on any atom is -0.493 e. The van der Waals surface area contributed by atoms with Crippen LogP contribution in [0.5, 0.6) is 5.75 Å². The van der Waals surface area contributed by atoms with Crippen molar-refractivity contribution in [2.75, 3.05) is 39.8 Å². The molecule has 0 unspecified atom stereocenters. The Labute approximate surface area is 121 Å². The number of ether oxygens (including phenoxy) is 1. The summed E-state index contributed by atoms with van der Waals surface area (Å²) >= 11 is 0. The van der Waals surface area contributed by atoms with Crippen LogP contribution in [0.2, 0.25) is 0 Å². The SMILES string of the molecule is CN(CCN1CCCC1)C(=O)CCOc1ccccc1. The maximum absolute atomic E-state index is 12.0. The van der Waals surface area contributed by atoms with Crippen molar-refractivity contribution in [2.45, 2.75) is 19.3 Å². The van der Waals surface area contributed by atoms with E-state index in [4.69, 9.17) is 4.74 Å². The molecule has 0 atom stereocenters. The van der Waals surface area contributed by atoms with E-state index in [2.05, 4.69) is 4.90 Å². The Bertz CT molecular complexity index is 402. The van der Waals surface area contributed by atoms with Crippen LogP contribution >= 0.6 is 0 Å². The molecule has 0 radical (unpaired) electrons. The number of likely N-dealkylation sites (N-methyl/N-ethyl adjacent to an activating group) is 1. The van der Waals surface area contributed by atoms with Gasteiger partial charge in [-0.2, -0.15) is 0 Å². The van der Waals surface area contributed by atoms with Gasteiger partial charge in [0.1, 0.15) is 5.75 Å². The average Bonchev–Trinajstić information content (AvgIpc) is 2.99. The van der Waals surface area contributed by atoms with E-state index in [0.717, 1.165) is 18.8 Å². The van der Waals surface area contributed by atoms with Gasteiger partial charge >= 0.3 is 0 Å². The van der Waals surface area contributed by atoms with Crippen molar-refractivity contribution in [2.24, 2.45) is 0 Å². The van der Waals surface area contributed by atoms with Gasteiger partial charge in [0.25, 0.3) is 0 Å². The molecular weight excluding hydrogens is 252 g/mol. The van der Waals surface area contributed by atoms with Crippen LogP contribution in [0.4, 0.5) is 0 Å². The molecule has 0 bridgehead atoms. The van der Waals surface area contributed by atoms with E-state index in [1.807, 2.05) is 42.3 Å². The van der Waals surface area contributed by atoms with Gasteiger partial charge in [-0.3, -0.25) is 4.79 Å². The van der Waals surface area contributed by atoms with E-state index < -0.39 is 0 Å². The Hall–Kier alpha value is -1.55. The van der Waals surface area contributed by atoms with E-state index in [1.165, 1.54) is 25.9 Å². The summed E-state index contributed by atoms with van der Waals surface area (Å²) in [4.78, 5) is 16.2. The lowest BCUT2D eigenvalue weighted by molar-refractivity contribution is -0.130. The molecule has 0 saturated carbocycles. The van der Waals surface area contributed by atoms with Crippen molar-refractivity contribution in [3.05, 3.63) is 30.3 Å². The quantitative estimate of drug-likeness (QED) is 0.764. The molecule has 0 N–H and O–H groups in total. The summed E-state index contributed by atoms with van der Waals surface area (Å²) in [5.41, 5.74) is 0. The van der Waals surface area contributed by atoms with Crippen molar-refractivity contribution >= 4 is 5.91 Å². The van der Waals surface area contributed by atoms with Crippen LogP contribution in [0.25, 0.3) is 0 Å². The molecule has 1 amide bonds. The second kappa shape index (κ2) is 7.90. The number of carbonyl (C=O) groups is 1. The number of nitrogens with zero attached hydrogens (tertiary/aromatic N) is 2. The summed E-state index contributed by atoms with van der Waals surface area (Å²) in [6.45, 7) is 4.60. The molecule has 0 aromatic heterocycles. The van der Waals surface area contributed by atoms with Crippen molar-refractivity contribution in [1.82, 2.24) is 9.80 Å². The van der Waals surface area contributed by atoms with Crippen LogP contribution in [-0.2, 0) is 4.79 Å². The third-order valence-corrected chi connectivity index (χ3v) is 3.70. The van der Waals surface area contributed by atoms with Gasteiger partial charge in [0.15, 0.2) is 0 Å². The summed E-state index contributed by atoms with van der Waals surface area (Å²) in [7, 11) is 1.88. The molecular formula is C16H24N2O2. The van der Waals surface area contributed by atoms with Crippen LogP contribution in [-0.4, -0.2) is 55.5 Å². The molecule has 20 heavy (non-hydrogen) atoms. The zero-order valence-electron chi connectivity index (χ0n) is 12.3. The molecule has 0 spiro atoms. The molecule has 4 nitrogen and oxygen atoms in total. The number of hydrogen-bond donors (Lipinski definition) is 0. The summed E-state index contributed by atoms with van der Waals surface area (Å²) in [6.07, 6.45) is 3.02. The first-order valence-corrected chi connectivity index (χ1v) is 7.40. The highest BCUT2D eigenvalue weighted by atomic mass is 16.5. The lowest BCUT2D eigenvalue weighted by Gasteiger charge is -2.21. The maximum Gasteiger partial charge on any atom is 0.225 e. The van der Waals surface area contributed by atoms with Crippen molar-refractivity contribution in [3.8, 4) is 5.75 Å². The second-order valence-corrected chi connectivity index (χ2v) is 5.28. The number of benzene rings is 1. The third kappa shape index (κ3) is 4.85. The van der Waals surface area contributed by atoms with Crippen LogP contribution in [0.3, 0.4) is 0 Å².